The molecule has 0 unspecified atom stereocenters. The molecule has 2 aromatic carbocycles. The predicted octanol–water partition coefficient (Wildman–Crippen LogP) is 6.94. The van der Waals surface area contributed by atoms with Crippen molar-refractivity contribution >= 4 is 17.3 Å². The van der Waals surface area contributed by atoms with Gasteiger partial charge in [0, 0.05) is 18.7 Å². The smallest absolute Gasteiger partial charge is 0.166 e. The highest BCUT2D eigenvalue weighted by Gasteiger charge is 2.26. The fourth-order valence-corrected chi connectivity index (χ4v) is 4.23. The number of hydrogen-bond acceptors (Lipinski definition) is 4. The van der Waals surface area contributed by atoms with Crippen LogP contribution in [0, 0.1) is 0 Å². The fraction of sp³-hybridized carbons (Fsp3) is 0.581. The Bertz CT molecular complexity index is 1000. The van der Waals surface area contributed by atoms with E-state index in [2.05, 4.69) is 70.4 Å². The molecule has 0 bridgehead atoms. The Hall–Kier alpha value is -2.47. The minimum Gasteiger partial charge on any atom is -0.493 e. The van der Waals surface area contributed by atoms with Crippen LogP contribution in [0.3, 0.4) is 0 Å². The molecule has 0 fully saturated rings. The molecule has 2 rings (SSSR count). The van der Waals surface area contributed by atoms with Crippen LogP contribution in [0.2, 0.25) is 0 Å². The number of thiocarbonyl (C=S) groups is 1. The summed E-state index contributed by atoms with van der Waals surface area (Å²) in [6.45, 7) is 16.0. The van der Waals surface area contributed by atoms with E-state index in [0.29, 0.717) is 11.7 Å². The van der Waals surface area contributed by atoms with E-state index in [1.54, 1.807) is 14.2 Å². The topological polar surface area (TPSA) is 51.8 Å². The second-order valence-corrected chi connectivity index (χ2v) is 11.3. The number of hydrogen-bond donors (Lipinski definition) is 2. The summed E-state index contributed by atoms with van der Waals surface area (Å²) in [4.78, 5) is 0. The first-order valence-electron chi connectivity index (χ1n) is 13.6. The van der Waals surface area contributed by atoms with E-state index in [9.17, 15) is 0 Å². The lowest BCUT2D eigenvalue weighted by Gasteiger charge is -2.30. The Labute approximate surface area is 230 Å². The Kier molecular flexibility index (Phi) is 12.0. The van der Waals surface area contributed by atoms with Gasteiger partial charge >= 0.3 is 0 Å². The molecule has 0 aromatic heterocycles. The molecule has 0 saturated heterocycles. The first-order valence-corrected chi connectivity index (χ1v) is 14.0. The third-order valence-electron chi connectivity index (χ3n) is 7.52. The van der Waals surface area contributed by atoms with Gasteiger partial charge in [0.2, 0.25) is 0 Å². The van der Waals surface area contributed by atoms with Crippen molar-refractivity contribution in [3.05, 3.63) is 53.1 Å². The molecule has 0 amide bonds. The molecule has 206 valence electrons. The van der Waals surface area contributed by atoms with Gasteiger partial charge in [0.15, 0.2) is 16.6 Å². The second kappa shape index (κ2) is 14.5. The zero-order valence-electron chi connectivity index (χ0n) is 24.3. The molecule has 5 nitrogen and oxygen atoms in total. The SMILES string of the molecule is CCC(C)(C)c1ccc(OCCCCNC(=S)NCCc2ccc(OC)c(OC)c2)c(C(C)(C)CC)c1. The number of methoxy groups -OCH3 is 2. The zero-order valence-corrected chi connectivity index (χ0v) is 25.1. The number of benzene rings is 2. The van der Waals surface area contributed by atoms with Gasteiger partial charge in [0.1, 0.15) is 5.75 Å². The molecular weight excluding hydrogens is 480 g/mol. The molecule has 0 atom stereocenters. The summed E-state index contributed by atoms with van der Waals surface area (Å²) < 4.78 is 17.0. The monoisotopic (exact) mass is 528 g/mol. The van der Waals surface area contributed by atoms with Crippen molar-refractivity contribution in [1.29, 1.82) is 0 Å². The summed E-state index contributed by atoms with van der Waals surface area (Å²) in [5.74, 6) is 2.50. The summed E-state index contributed by atoms with van der Waals surface area (Å²) in [6, 6.07) is 12.8. The van der Waals surface area contributed by atoms with Crippen LogP contribution in [-0.4, -0.2) is 39.0 Å². The fourth-order valence-electron chi connectivity index (χ4n) is 4.03. The van der Waals surface area contributed by atoms with Crippen LogP contribution in [-0.2, 0) is 17.3 Å². The normalized spacial score (nSPS) is 11.7. The summed E-state index contributed by atoms with van der Waals surface area (Å²) in [7, 11) is 3.30. The summed E-state index contributed by atoms with van der Waals surface area (Å²) in [5, 5.41) is 7.27. The van der Waals surface area contributed by atoms with E-state index >= 15 is 0 Å². The zero-order chi connectivity index (χ0) is 27.5. The molecular formula is C31H48N2O3S. The summed E-state index contributed by atoms with van der Waals surface area (Å²) in [6.07, 6.45) is 4.99. The molecule has 0 aliphatic rings. The average Bonchev–Trinajstić information content (AvgIpc) is 2.90. The van der Waals surface area contributed by atoms with Gasteiger partial charge in [-0.3, -0.25) is 0 Å². The third-order valence-corrected chi connectivity index (χ3v) is 7.81. The molecule has 0 aliphatic carbocycles. The Morgan fingerprint density at radius 3 is 2.08 bits per heavy atom. The molecule has 2 N–H and O–H groups in total. The average molecular weight is 529 g/mol. The van der Waals surface area contributed by atoms with Gasteiger partial charge in [0.25, 0.3) is 0 Å². The standard InChI is InChI=1S/C31H48N2O3S/c1-9-30(3,4)24-14-16-26(25(22-24)31(5,6)10-2)36-20-12-11-18-32-29(37)33-19-17-23-13-15-27(34-7)28(21-23)35-8/h13-16,21-22H,9-12,17-20H2,1-8H3,(H2,32,33,37). The van der Waals surface area contributed by atoms with Gasteiger partial charge < -0.3 is 24.8 Å². The van der Waals surface area contributed by atoms with Gasteiger partial charge in [-0.15, -0.1) is 0 Å². The van der Waals surface area contributed by atoms with Crippen LogP contribution in [0.5, 0.6) is 17.2 Å². The Balaban J connectivity index is 1.75. The molecule has 0 radical (unpaired) electrons. The largest absolute Gasteiger partial charge is 0.493 e. The molecule has 0 spiro atoms. The lowest BCUT2D eigenvalue weighted by molar-refractivity contribution is 0.296. The first-order chi connectivity index (χ1) is 17.6. The molecule has 0 heterocycles. The van der Waals surface area contributed by atoms with Crippen LogP contribution in [0.15, 0.2) is 36.4 Å². The van der Waals surface area contributed by atoms with Crippen molar-refractivity contribution < 1.29 is 14.2 Å². The second-order valence-electron chi connectivity index (χ2n) is 10.9. The van der Waals surface area contributed by atoms with Gasteiger partial charge in [-0.25, -0.2) is 0 Å². The molecule has 2 aromatic rings. The van der Waals surface area contributed by atoms with Crippen molar-refractivity contribution in [2.24, 2.45) is 0 Å². The van der Waals surface area contributed by atoms with Crippen LogP contribution in [0.25, 0.3) is 0 Å². The van der Waals surface area contributed by atoms with Crippen molar-refractivity contribution in [1.82, 2.24) is 10.6 Å². The van der Waals surface area contributed by atoms with Gasteiger partial charge in [-0.2, -0.15) is 0 Å². The predicted molar refractivity (Wildman–Crippen MR) is 160 cm³/mol. The van der Waals surface area contributed by atoms with Crippen LogP contribution in [0.1, 0.15) is 83.9 Å². The van der Waals surface area contributed by atoms with Crippen molar-refractivity contribution in [3.63, 3.8) is 0 Å². The van der Waals surface area contributed by atoms with E-state index in [1.165, 1.54) is 16.7 Å². The Morgan fingerprint density at radius 2 is 1.43 bits per heavy atom. The van der Waals surface area contributed by atoms with Gasteiger partial charge in [-0.1, -0.05) is 59.7 Å². The third kappa shape index (κ3) is 9.10. The molecule has 6 heteroatoms. The summed E-state index contributed by atoms with van der Waals surface area (Å²) >= 11 is 5.44. The number of unbranched alkanes of at least 4 members (excludes halogenated alkanes) is 1. The van der Waals surface area contributed by atoms with Crippen molar-refractivity contribution in [2.75, 3.05) is 33.9 Å². The van der Waals surface area contributed by atoms with Crippen LogP contribution < -0.4 is 24.8 Å². The van der Waals surface area contributed by atoms with E-state index in [1.807, 2.05) is 18.2 Å². The number of nitrogens with one attached hydrogen (secondary N) is 2. The van der Waals surface area contributed by atoms with Gasteiger partial charge in [0.05, 0.1) is 20.8 Å². The highest BCUT2D eigenvalue weighted by Crippen LogP contribution is 2.38. The maximum atomic E-state index is 6.29. The maximum Gasteiger partial charge on any atom is 0.166 e. The van der Waals surface area contributed by atoms with Crippen LogP contribution >= 0.6 is 12.2 Å². The van der Waals surface area contributed by atoms with Crippen molar-refractivity contribution in [3.8, 4) is 17.2 Å². The van der Waals surface area contributed by atoms with Crippen molar-refractivity contribution in [2.45, 2.75) is 84.5 Å². The lowest BCUT2D eigenvalue weighted by Crippen LogP contribution is -2.36. The lowest BCUT2D eigenvalue weighted by atomic mass is 9.76. The quantitative estimate of drug-likeness (QED) is 0.193. The van der Waals surface area contributed by atoms with E-state index in [4.69, 9.17) is 26.4 Å². The van der Waals surface area contributed by atoms with E-state index < -0.39 is 0 Å². The first kappa shape index (κ1) is 30.8. The molecule has 37 heavy (non-hydrogen) atoms. The molecule has 0 aliphatic heterocycles. The Morgan fingerprint density at radius 1 is 0.784 bits per heavy atom. The highest BCUT2D eigenvalue weighted by atomic mass is 32.1. The number of ether oxygens (including phenoxy) is 3. The van der Waals surface area contributed by atoms with E-state index in [-0.39, 0.29) is 10.8 Å². The van der Waals surface area contributed by atoms with Crippen LogP contribution in [0.4, 0.5) is 0 Å². The van der Waals surface area contributed by atoms with Gasteiger partial charge in [-0.05, 0) is 84.5 Å². The summed E-state index contributed by atoms with van der Waals surface area (Å²) in [5.41, 5.74) is 4.10. The van der Waals surface area contributed by atoms with E-state index in [0.717, 1.165) is 62.4 Å². The minimum absolute atomic E-state index is 0.0749. The molecule has 0 saturated carbocycles. The number of rotatable bonds is 15. The maximum absolute atomic E-state index is 6.29. The highest BCUT2D eigenvalue weighted by molar-refractivity contribution is 7.80. The minimum atomic E-state index is 0.0749.